The smallest absolute Gasteiger partial charge is 0.0677 e. The van der Waals surface area contributed by atoms with E-state index in [0.717, 1.165) is 0 Å². The molecule has 0 radical (unpaired) electrons. The van der Waals surface area contributed by atoms with Crippen LogP contribution in [0.5, 0.6) is 0 Å². The largest absolute Gasteiger partial charge is 0.196 e. The van der Waals surface area contributed by atoms with Crippen LogP contribution in [0.1, 0.15) is 48.7 Å². The molecule has 1 aromatic carbocycles. The van der Waals surface area contributed by atoms with E-state index >= 15 is 0 Å². The molecule has 0 fully saturated rings. The molecular formula is C15H21NS. The highest BCUT2D eigenvalue weighted by molar-refractivity contribution is 7.13. The Hall–Kier alpha value is -0.890. The van der Waals surface area contributed by atoms with Gasteiger partial charge in [0.25, 0.3) is 0 Å². The van der Waals surface area contributed by atoms with Gasteiger partial charge >= 0.3 is 0 Å². The molecule has 1 nitrogen and oxygen atoms in total. The fourth-order valence-corrected chi connectivity index (χ4v) is 3.51. The van der Waals surface area contributed by atoms with Crippen LogP contribution in [0.4, 0.5) is 0 Å². The lowest BCUT2D eigenvalue weighted by Crippen LogP contribution is -2.12. The lowest BCUT2D eigenvalue weighted by Gasteiger charge is -2.18. The Morgan fingerprint density at radius 1 is 0.824 bits per heavy atom. The van der Waals surface area contributed by atoms with Gasteiger partial charge in [0.1, 0.15) is 0 Å². The lowest BCUT2D eigenvalue weighted by molar-refractivity contribution is 0.581. The van der Waals surface area contributed by atoms with Crippen LogP contribution < -0.4 is 0 Å². The molecule has 0 unspecified atom stereocenters. The van der Waals surface area contributed by atoms with Gasteiger partial charge in [-0.1, -0.05) is 20.8 Å². The van der Waals surface area contributed by atoms with Crippen LogP contribution >= 0.6 is 11.5 Å². The van der Waals surface area contributed by atoms with Crippen LogP contribution in [0.25, 0.3) is 10.1 Å². The number of aryl methyl sites for hydroxylation is 2. The number of hydrogen-bond donors (Lipinski definition) is 0. The quantitative estimate of drug-likeness (QED) is 0.650. The highest BCUT2D eigenvalue weighted by Crippen LogP contribution is 2.38. The number of fused-ring (bicyclic) bond motifs is 1. The van der Waals surface area contributed by atoms with Crippen molar-refractivity contribution in [2.24, 2.45) is 0 Å². The molecular weight excluding hydrogens is 226 g/mol. The van der Waals surface area contributed by atoms with E-state index in [1.807, 2.05) is 0 Å². The first-order chi connectivity index (χ1) is 7.75. The molecule has 1 heterocycles. The summed E-state index contributed by atoms with van der Waals surface area (Å²) in [7, 11) is 0. The van der Waals surface area contributed by atoms with Crippen molar-refractivity contribution >= 4 is 21.6 Å². The van der Waals surface area contributed by atoms with Crippen molar-refractivity contribution in [3.8, 4) is 0 Å². The van der Waals surface area contributed by atoms with E-state index in [9.17, 15) is 0 Å². The minimum atomic E-state index is 0.122. The molecule has 0 aliphatic carbocycles. The first-order valence-corrected chi connectivity index (χ1v) is 6.88. The molecule has 0 amide bonds. The van der Waals surface area contributed by atoms with Gasteiger partial charge < -0.3 is 0 Å². The van der Waals surface area contributed by atoms with Gasteiger partial charge in [0.15, 0.2) is 0 Å². The van der Waals surface area contributed by atoms with Crippen LogP contribution in [0.3, 0.4) is 0 Å². The van der Waals surface area contributed by atoms with Crippen molar-refractivity contribution in [2.45, 2.75) is 53.9 Å². The van der Waals surface area contributed by atoms with Gasteiger partial charge in [0.05, 0.1) is 10.4 Å². The number of benzene rings is 1. The molecule has 0 aliphatic rings. The normalized spacial score (nSPS) is 12.4. The van der Waals surface area contributed by atoms with E-state index < -0.39 is 0 Å². The fourth-order valence-electron chi connectivity index (χ4n) is 2.33. The van der Waals surface area contributed by atoms with Crippen molar-refractivity contribution in [1.82, 2.24) is 4.37 Å². The minimum Gasteiger partial charge on any atom is -0.196 e. The van der Waals surface area contributed by atoms with E-state index in [1.165, 1.54) is 38.0 Å². The summed E-state index contributed by atoms with van der Waals surface area (Å²) in [6.07, 6.45) is 0. The average Bonchev–Trinajstić information content (AvgIpc) is 2.67. The van der Waals surface area contributed by atoms with E-state index in [4.69, 9.17) is 4.37 Å². The maximum Gasteiger partial charge on any atom is 0.0677 e. The Balaban J connectivity index is 2.96. The summed E-state index contributed by atoms with van der Waals surface area (Å²) in [5.74, 6) is 0. The third-order valence-electron chi connectivity index (χ3n) is 3.81. The molecule has 0 atom stereocenters. The van der Waals surface area contributed by atoms with Crippen molar-refractivity contribution in [1.29, 1.82) is 0 Å². The summed E-state index contributed by atoms with van der Waals surface area (Å²) in [5.41, 5.74) is 7.01. The third kappa shape index (κ3) is 1.79. The SMILES string of the molecule is Cc1c(C)c(C)c2c(C(C)(C)C)nsc2c1C. The van der Waals surface area contributed by atoms with Crippen molar-refractivity contribution in [3.63, 3.8) is 0 Å². The predicted molar refractivity (Wildman–Crippen MR) is 77.3 cm³/mol. The monoisotopic (exact) mass is 247 g/mol. The van der Waals surface area contributed by atoms with E-state index in [2.05, 4.69) is 48.5 Å². The Labute approximate surface area is 108 Å². The third-order valence-corrected chi connectivity index (χ3v) is 4.77. The zero-order valence-electron chi connectivity index (χ0n) is 11.9. The predicted octanol–water partition coefficient (Wildman–Crippen LogP) is 4.83. The van der Waals surface area contributed by atoms with Crippen LogP contribution in [-0.4, -0.2) is 4.37 Å². The second-order valence-corrected chi connectivity index (χ2v) is 6.76. The van der Waals surface area contributed by atoms with Crippen LogP contribution in [0.2, 0.25) is 0 Å². The van der Waals surface area contributed by atoms with Crippen LogP contribution in [0.15, 0.2) is 0 Å². The van der Waals surface area contributed by atoms with E-state index in [-0.39, 0.29) is 5.41 Å². The summed E-state index contributed by atoms with van der Waals surface area (Å²) < 4.78 is 6.08. The zero-order valence-corrected chi connectivity index (χ0v) is 12.7. The summed E-state index contributed by atoms with van der Waals surface area (Å²) in [6.45, 7) is 15.6. The Bertz CT molecular complexity index is 585. The van der Waals surface area contributed by atoms with Gasteiger partial charge in [-0.3, -0.25) is 0 Å². The molecule has 0 N–H and O–H groups in total. The maximum absolute atomic E-state index is 4.71. The first kappa shape index (κ1) is 12.6. The average molecular weight is 247 g/mol. The standard InChI is InChI=1S/C15H21NS/c1-8-9(2)11(4)13-12(10(8)3)14(16-17-13)15(5,6)7/h1-7H3. The zero-order chi connectivity index (χ0) is 13.0. The van der Waals surface area contributed by atoms with Crippen LogP contribution in [-0.2, 0) is 5.41 Å². The molecule has 0 saturated heterocycles. The maximum atomic E-state index is 4.71. The van der Waals surface area contributed by atoms with Crippen molar-refractivity contribution < 1.29 is 0 Å². The Morgan fingerprint density at radius 3 is 1.88 bits per heavy atom. The Morgan fingerprint density at radius 2 is 1.35 bits per heavy atom. The molecule has 0 bridgehead atoms. The fraction of sp³-hybridized carbons (Fsp3) is 0.533. The van der Waals surface area contributed by atoms with Crippen molar-refractivity contribution in [3.05, 3.63) is 27.9 Å². The van der Waals surface area contributed by atoms with Gasteiger partial charge in [-0.05, 0) is 61.5 Å². The number of nitrogens with zero attached hydrogens (tertiary/aromatic N) is 1. The summed E-state index contributed by atoms with van der Waals surface area (Å²) in [6, 6.07) is 0. The minimum absolute atomic E-state index is 0.122. The second kappa shape index (κ2) is 3.81. The molecule has 1 aromatic heterocycles. The molecule has 2 rings (SSSR count). The van der Waals surface area contributed by atoms with Crippen molar-refractivity contribution in [2.75, 3.05) is 0 Å². The highest BCUT2D eigenvalue weighted by atomic mass is 32.1. The number of aromatic nitrogens is 1. The molecule has 0 aliphatic heterocycles. The number of hydrogen-bond acceptors (Lipinski definition) is 2. The van der Waals surface area contributed by atoms with E-state index in [1.54, 1.807) is 11.5 Å². The molecule has 0 saturated carbocycles. The van der Waals surface area contributed by atoms with Gasteiger partial charge in [-0.15, -0.1) is 0 Å². The lowest BCUT2D eigenvalue weighted by atomic mass is 9.86. The van der Waals surface area contributed by atoms with E-state index in [0.29, 0.717) is 0 Å². The van der Waals surface area contributed by atoms with Gasteiger partial charge in [0, 0.05) is 10.8 Å². The topological polar surface area (TPSA) is 12.9 Å². The molecule has 17 heavy (non-hydrogen) atoms. The number of rotatable bonds is 0. The van der Waals surface area contributed by atoms with Gasteiger partial charge in [-0.25, -0.2) is 0 Å². The van der Waals surface area contributed by atoms with Gasteiger partial charge in [-0.2, -0.15) is 4.37 Å². The second-order valence-electron chi connectivity index (χ2n) is 5.99. The van der Waals surface area contributed by atoms with Crippen LogP contribution in [0, 0.1) is 27.7 Å². The summed E-state index contributed by atoms with van der Waals surface area (Å²) in [4.78, 5) is 0. The molecule has 0 spiro atoms. The summed E-state index contributed by atoms with van der Waals surface area (Å²) >= 11 is 1.65. The Kier molecular flexibility index (Phi) is 2.81. The molecule has 2 heteroatoms. The highest BCUT2D eigenvalue weighted by Gasteiger charge is 2.23. The first-order valence-electron chi connectivity index (χ1n) is 6.11. The summed E-state index contributed by atoms with van der Waals surface area (Å²) in [5, 5.41) is 1.39. The molecule has 92 valence electrons. The molecule has 2 aromatic rings. The van der Waals surface area contributed by atoms with Gasteiger partial charge in [0.2, 0.25) is 0 Å².